The van der Waals surface area contributed by atoms with Crippen LogP contribution in [0.15, 0.2) is 4.79 Å². The maximum Gasteiger partial charge on any atom is 0.259 e. The Bertz CT molecular complexity index is 790. The van der Waals surface area contributed by atoms with Crippen molar-refractivity contribution in [2.75, 3.05) is 19.6 Å². The summed E-state index contributed by atoms with van der Waals surface area (Å²) in [6.45, 7) is 8.16. The predicted molar refractivity (Wildman–Crippen MR) is 106 cm³/mol. The van der Waals surface area contributed by atoms with E-state index in [-0.39, 0.29) is 18.0 Å². The van der Waals surface area contributed by atoms with Gasteiger partial charge in [-0.05, 0) is 57.6 Å². The van der Waals surface area contributed by atoms with E-state index >= 15 is 0 Å². The van der Waals surface area contributed by atoms with E-state index in [1.54, 1.807) is 11.3 Å². The molecular formula is C18H27ClN4OS. The summed E-state index contributed by atoms with van der Waals surface area (Å²) in [6, 6.07) is 0.666. The van der Waals surface area contributed by atoms with Crippen molar-refractivity contribution in [1.29, 1.82) is 0 Å². The highest BCUT2D eigenvalue weighted by Gasteiger charge is 2.24. The van der Waals surface area contributed by atoms with E-state index in [1.165, 1.54) is 37.1 Å². The Labute approximate surface area is 158 Å². The van der Waals surface area contributed by atoms with Crippen LogP contribution in [0.4, 0.5) is 0 Å². The van der Waals surface area contributed by atoms with Crippen molar-refractivity contribution in [3.8, 4) is 0 Å². The molecule has 1 aliphatic carbocycles. The van der Waals surface area contributed by atoms with E-state index in [0.29, 0.717) is 6.04 Å². The van der Waals surface area contributed by atoms with Crippen LogP contribution in [0.25, 0.3) is 10.2 Å². The second kappa shape index (κ2) is 7.74. The predicted octanol–water partition coefficient (Wildman–Crippen LogP) is 2.99. The molecule has 0 radical (unpaired) electrons. The number of aromatic nitrogens is 2. The van der Waals surface area contributed by atoms with E-state index < -0.39 is 0 Å². The molecule has 2 aliphatic rings. The van der Waals surface area contributed by atoms with Gasteiger partial charge in [0.2, 0.25) is 0 Å². The van der Waals surface area contributed by atoms with Crippen molar-refractivity contribution in [1.82, 2.24) is 20.2 Å². The Morgan fingerprint density at radius 3 is 2.64 bits per heavy atom. The number of aromatic amines is 1. The van der Waals surface area contributed by atoms with Crippen LogP contribution in [0.2, 0.25) is 0 Å². The van der Waals surface area contributed by atoms with Crippen LogP contribution < -0.4 is 10.9 Å². The summed E-state index contributed by atoms with van der Waals surface area (Å²) >= 11 is 1.63. The monoisotopic (exact) mass is 382 g/mol. The average Bonchev–Trinajstić information content (AvgIpc) is 3.33. The maximum atomic E-state index is 12.4. The second-order valence-electron chi connectivity index (χ2n) is 7.38. The normalized spacial score (nSPS) is 19.3. The summed E-state index contributed by atoms with van der Waals surface area (Å²) in [5, 5.41) is 4.48. The number of hydrogen-bond donors (Lipinski definition) is 2. The van der Waals surface area contributed by atoms with Crippen LogP contribution in [0, 0.1) is 19.8 Å². The first-order valence-electron chi connectivity index (χ1n) is 9.05. The standard InChI is InChI=1S/C18H26N4OS.ClH/c1-11-12(2)24-18-16(11)17(23)20-15(21-18)10-22-7-5-14(6-8-22)19-9-13-3-4-13;/h13-14,19H,3-10H2,1-2H3,(H,20,21,23);1H. The van der Waals surface area contributed by atoms with Gasteiger partial charge in [0.1, 0.15) is 10.7 Å². The number of halogens is 1. The van der Waals surface area contributed by atoms with Crippen LogP contribution in [0.1, 0.15) is 41.9 Å². The Balaban J connectivity index is 0.00000182. The summed E-state index contributed by atoms with van der Waals surface area (Å²) in [7, 11) is 0. The lowest BCUT2D eigenvalue weighted by Gasteiger charge is -2.32. The minimum absolute atomic E-state index is 0. The number of thiophene rings is 1. The molecule has 0 atom stereocenters. The number of piperidine rings is 1. The van der Waals surface area contributed by atoms with Crippen molar-refractivity contribution < 1.29 is 0 Å². The minimum Gasteiger partial charge on any atom is -0.314 e. The van der Waals surface area contributed by atoms with Gasteiger partial charge in [0, 0.05) is 24.0 Å². The third-order valence-electron chi connectivity index (χ3n) is 5.44. The first kappa shape index (κ1) is 18.8. The fraction of sp³-hybridized carbons (Fsp3) is 0.667. The zero-order chi connectivity index (χ0) is 16.7. The molecule has 5 nitrogen and oxygen atoms in total. The number of aryl methyl sites for hydroxylation is 2. The van der Waals surface area contributed by atoms with Crippen LogP contribution in [-0.2, 0) is 6.54 Å². The van der Waals surface area contributed by atoms with Crippen molar-refractivity contribution in [3.63, 3.8) is 0 Å². The summed E-state index contributed by atoms with van der Waals surface area (Å²) in [6.07, 6.45) is 5.21. The van der Waals surface area contributed by atoms with Crippen LogP contribution in [-0.4, -0.2) is 40.5 Å². The van der Waals surface area contributed by atoms with Gasteiger partial charge in [0.05, 0.1) is 11.9 Å². The van der Waals surface area contributed by atoms with Crippen LogP contribution >= 0.6 is 23.7 Å². The lowest BCUT2D eigenvalue weighted by Crippen LogP contribution is -2.43. The molecule has 2 N–H and O–H groups in total. The summed E-state index contributed by atoms with van der Waals surface area (Å²) in [5.74, 6) is 1.75. The highest BCUT2D eigenvalue weighted by atomic mass is 35.5. The molecule has 138 valence electrons. The molecule has 0 amide bonds. The fourth-order valence-electron chi connectivity index (χ4n) is 3.54. The summed E-state index contributed by atoms with van der Waals surface area (Å²) in [5.41, 5.74) is 1.08. The second-order valence-corrected chi connectivity index (χ2v) is 8.58. The molecule has 0 unspecified atom stereocenters. The first-order valence-corrected chi connectivity index (χ1v) is 9.86. The Morgan fingerprint density at radius 1 is 1.24 bits per heavy atom. The smallest absolute Gasteiger partial charge is 0.259 e. The van der Waals surface area contributed by atoms with E-state index in [1.807, 2.05) is 6.92 Å². The minimum atomic E-state index is 0. The molecule has 0 aromatic carbocycles. The number of H-pyrrole nitrogens is 1. The highest BCUT2D eigenvalue weighted by molar-refractivity contribution is 7.18. The van der Waals surface area contributed by atoms with Gasteiger partial charge in [-0.1, -0.05) is 0 Å². The summed E-state index contributed by atoms with van der Waals surface area (Å²) < 4.78 is 0. The SMILES string of the molecule is Cc1sc2nc(CN3CCC(NCC4CC4)CC3)[nH]c(=O)c2c1C.Cl. The number of fused-ring (bicyclic) bond motifs is 1. The lowest BCUT2D eigenvalue weighted by molar-refractivity contribution is 0.186. The van der Waals surface area contributed by atoms with Gasteiger partial charge in [-0.25, -0.2) is 4.98 Å². The zero-order valence-corrected chi connectivity index (χ0v) is 16.6. The van der Waals surface area contributed by atoms with E-state index in [4.69, 9.17) is 4.98 Å². The maximum absolute atomic E-state index is 12.4. The first-order chi connectivity index (χ1) is 11.6. The van der Waals surface area contributed by atoms with Crippen molar-refractivity contribution >= 4 is 34.0 Å². The van der Waals surface area contributed by atoms with Gasteiger partial charge < -0.3 is 10.3 Å². The summed E-state index contributed by atoms with van der Waals surface area (Å²) in [4.78, 5) is 24.5. The molecule has 0 bridgehead atoms. The van der Waals surface area contributed by atoms with Gasteiger partial charge in [-0.15, -0.1) is 23.7 Å². The molecule has 2 aromatic heterocycles. The molecule has 2 aromatic rings. The molecule has 4 rings (SSSR count). The largest absolute Gasteiger partial charge is 0.314 e. The van der Waals surface area contributed by atoms with Crippen LogP contribution in [0.3, 0.4) is 0 Å². The molecule has 1 saturated carbocycles. The molecule has 25 heavy (non-hydrogen) atoms. The third-order valence-corrected chi connectivity index (χ3v) is 6.54. The number of nitrogens with one attached hydrogen (secondary N) is 2. The Morgan fingerprint density at radius 2 is 1.96 bits per heavy atom. The number of hydrogen-bond acceptors (Lipinski definition) is 5. The van der Waals surface area contributed by atoms with Crippen molar-refractivity contribution in [3.05, 3.63) is 26.6 Å². The van der Waals surface area contributed by atoms with Crippen molar-refractivity contribution in [2.45, 2.75) is 52.1 Å². The van der Waals surface area contributed by atoms with E-state index in [2.05, 4.69) is 22.1 Å². The molecular weight excluding hydrogens is 356 g/mol. The van der Waals surface area contributed by atoms with Gasteiger partial charge in [0.25, 0.3) is 5.56 Å². The Hall–Kier alpha value is -0.950. The van der Waals surface area contributed by atoms with E-state index in [9.17, 15) is 4.79 Å². The van der Waals surface area contributed by atoms with E-state index in [0.717, 1.165) is 47.2 Å². The molecule has 1 saturated heterocycles. The number of likely N-dealkylation sites (tertiary alicyclic amines) is 1. The quantitative estimate of drug-likeness (QED) is 0.834. The number of rotatable bonds is 5. The van der Waals surface area contributed by atoms with Crippen molar-refractivity contribution in [2.24, 2.45) is 5.92 Å². The topological polar surface area (TPSA) is 61.0 Å². The van der Waals surface area contributed by atoms with Crippen LogP contribution in [0.5, 0.6) is 0 Å². The molecule has 0 spiro atoms. The molecule has 2 fully saturated rings. The van der Waals surface area contributed by atoms with Gasteiger partial charge in [-0.2, -0.15) is 0 Å². The Kier molecular flexibility index (Phi) is 5.83. The third kappa shape index (κ3) is 4.25. The zero-order valence-electron chi connectivity index (χ0n) is 14.9. The lowest BCUT2D eigenvalue weighted by atomic mass is 10.0. The fourth-order valence-corrected chi connectivity index (χ4v) is 4.59. The van der Waals surface area contributed by atoms with Gasteiger partial charge in [0.15, 0.2) is 0 Å². The van der Waals surface area contributed by atoms with Gasteiger partial charge >= 0.3 is 0 Å². The number of nitrogens with zero attached hydrogens (tertiary/aromatic N) is 2. The molecule has 3 heterocycles. The highest BCUT2D eigenvalue weighted by Crippen LogP contribution is 2.28. The molecule has 7 heteroatoms. The molecule has 1 aliphatic heterocycles. The van der Waals surface area contributed by atoms with Gasteiger partial charge in [-0.3, -0.25) is 9.69 Å². The average molecular weight is 383 g/mol.